The van der Waals surface area contributed by atoms with E-state index in [1.54, 1.807) is 30.9 Å². The summed E-state index contributed by atoms with van der Waals surface area (Å²) in [6.45, 7) is 1.72. The van der Waals surface area contributed by atoms with Crippen LogP contribution in [0.15, 0.2) is 83.9 Å². The number of benzene rings is 3. The van der Waals surface area contributed by atoms with Crippen LogP contribution in [0.2, 0.25) is 0 Å². The predicted octanol–water partition coefficient (Wildman–Crippen LogP) is 5.85. The van der Waals surface area contributed by atoms with Crippen LogP contribution in [0.25, 0.3) is 22.0 Å². The van der Waals surface area contributed by atoms with Crippen LogP contribution < -0.4 is 5.32 Å². The summed E-state index contributed by atoms with van der Waals surface area (Å²) in [5, 5.41) is 3.38. The number of thioether (sulfide) groups is 1. The topological polar surface area (TPSA) is 76.1 Å². The van der Waals surface area contributed by atoms with E-state index in [-0.39, 0.29) is 5.91 Å². The SMILES string of the molecule is CSc1ccc(NC(=O)c2cccc(-c3cc(CC(C)S(C)(=O)=O)cc4cccnc34)c2)cc1. The van der Waals surface area contributed by atoms with Gasteiger partial charge in [0, 0.05) is 39.5 Å². The third-order valence-corrected chi connectivity index (χ3v) is 8.17. The molecule has 0 radical (unpaired) electrons. The first kappa shape index (κ1) is 24.0. The van der Waals surface area contributed by atoms with Crippen molar-refractivity contribution in [2.45, 2.75) is 23.5 Å². The van der Waals surface area contributed by atoms with Gasteiger partial charge in [-0.2, -0.15) is 0 Å². The molecule has 5 nitrogen and oxygen atoms in total. The second kappa shape index (κ2) is 9.99. The van der Waals surface area contributed by atoms with Crippen LogP contribution in [0.5, 0.6) is 0 Å². The first-order valence-electron chi connectivity index (χ1n) is 10.9. The summed E-state index contributed by atoms with van der Waals surface area (Å²) in [6.07, 6.45) is 5.41. The fourth-order valence-corrected chi connectivity index (χ4v) is 4.68. The molecule has 1 heterocycles. The lowest BCUT2D eigenvalue weighted by molar-refractivity contribution is 0.102. The van der Waals surface area contributed by atoms with E-state index < -0.39 is 15.1 Å². The van der Waals surface area contributed by atoms with Crippen LogP contribution in [0, 0.1) is 0 Å². The average Bonchev–Trinajstić information content (AvgIpc) is 2.83. The zero-order valence-electron chi connectivity index (χ0n) is 19.3. The Morgan fingerprint density at radius 2 is 1.79 bits per heavy atom. The number of carbonyl (C=O) groups excluding carboxylic acids is 1. The first-order valence-corrected chi connectivity index (χ1v) is 14.0. The lowest BCUT2D eigenvalue weighted by atomic mass is 9.96. The van der Waals surface area contributed by atoms with Crippen LogP contribution in [0.4, 0.5) is 5.69 Å². The molecule has 0 saturated carbocycles. The molecule has 0 aliphatic rings. The second-order valence-corrected chi connectivity index (χ2v) is 11.7. The molecule has 34 heavy (non-hydrogen) atoms. The lowest BCUT2D eigenvalue weighted by Gasteiger charge is -2.14. The Balaban J connectivity index is 1.69. The molecule has 0 saturated heterocycles. The highest BCUT2D eigenvalue weighted by molar-refractivity contribution is 7.98. The monoisotopic (exact) mass is 490 g/mol. The number of fused-ring (bicyclic) bond motifs is 1. The number of hydrogen-bond acceptors (Lipinski definition) is 5. The molecule has 0 bridgehead atoms. The van der Waals surface area contributed by atoms with E-state index in [1.165, 1.54) is 6.26 Å². The molecule has 1 unspecified atom stereocenters. The maximum atomic E-state index is 12.9. The normalized spacial score (nSPS) is 12.4. The van der Waals surface area contributed by atoms with Crippen LogP contribution in [-0.2, 0) is 16.3 Å². The molecule has 1 aromatic heterocycles. The van der Waals surface area contributed by atoms with Crippen molar-refractivity contribution in [3.05, 3.63) is 90.1 Å². The second-order valence-electron chi connectivity index (χ2n) is 8.33. The number of anilines is 1. The molecule has 3 aromatic carbocycles. The molecule has 0 aliphatic heterocycles. The van der Waals surface area contributed by atoms with Crippen LogP contribution in [-0.4, -0.2) is 37.1 Å². The summed E-state index contributed by atoms with van der Waals surface area (Å²) in [7, 11) is -3.15. The summed E-state index contributed by atoms with van der Waals surface area (Å²) < 4.78 is 24.0. The average molecular weight is 491 g/mol. The van der Waals surface area contributed by atoms with Gasteiger partial charge in [-0.1, -0.05) is 18.2 Å². The van der Waals surface area contributed by atoms with Crippen molar-refractivity contribution < 1.29 is 13.2 Å². The Bertz CT molecular complexity index is 1450. The molecule has 4 rings (SSSR count). The van der Waals surface area contributed by atoms with Gasteiger partial charge in [0.25, 0.3) is 5.91 Å². The number of aromatic nitrogens is 1. The Morgan fingerprint density at radius 1 is 1.03 bits per heavy atom. The van der Waals surface area contributed by atoms with Gasteiger partial charge in [-0.3, -0.25) is 9.78 Å². The number of carbonyl (C=O) groups is 1. The Hall–Kier alpha value is -3.16. The van der Waals surface area contributed by atoms with Crippen molar-refractivity contribution in [2.75, 3.05) is 17.8 Å². The van der Waals surface area contributed by atoms with Crippen molar-refractivity contribution in [3.8, 4) is 11.1 Å². The van der Waals surface area contributed by atoms with Crippen molar-refractivity contribution in [2.24, 2.45) is 0 Å². The van der Waals surface area contributed by atoms with E-state index in [0.29, 0.717) is 12.0 Å². The molecule has 1 N–H and O–H groups in total. The molecule has 0 spiro atoms. The fourth-order valence-electron chi connectivity index (χ4n) is 3.78. The van der Waals surface area contributed by atoms with Crippen molar-refractivity contribution >= 4 is 44.1 Å². The van der Waals surface area contributed by atoms with E-state index in [0.717, 1.165) is 38.2 Å². The van der Waals surface area contributed by atoms with Gasteiger partial charge < -0.3 is 5.32 Å². The molecular formula is C27H26N2O3S2. The largest absolute Gasteiger partial charge is 0.322 e. The van der Waals surface area contributed by atoms with E-state index >= 15 is 0 Å². The molecule has 4 aromatic rings. The molecule has 0 aliphatic carbocycles. The number of amides is 1. The van der Waals surface area contributed by atoms with Crippen LogP contribution in [0.1, 0.15) is 22.8 Å². The molecular weight excluding hydrogens is 464 g/mol. The quantitative estimate of drug-likeness (QED) is 0.329. The van der Waals surface area contributed by atoms with Crippen molar-refractivity contribution in [1.82, 2.24) is 4.98 Å². The summed E-state index contributed by atoms with van der Waals surface area (Å²) in [6, 6.07) is 22.9. The number of nitrogens with one attached hydrogen (secondary N) is 1. The highest BCUT2D eigenvalue weighted by Crippen LogP contribution is 2.30. The third-order valence-electron chi connectivity index (χ3n) is 5.80. The number of rotatable bonds is 7. The van der Waals surface area contributed by atoms with E-state index in [9.17, 15) is 13.2 Å². The molecule has 0 fully saturated rings. The number of nitrogens with zero attached hydrogens (tertiary/aromatic N) is 1. The van der Waals surface area contributed by atoms with Gasteiger partial charge in [-0.25, -0.2) is 8.42 Å². The summed E-state index contributed by atoms with van der Waals surface area (Å²) >= 11 is 1.65. The van der Waals surface area contributed by atoms with Gasteiger partial charge in [0.05, 0.1) is 10.8 Å². The summed E-state index contributed by atoms with van der Waals surface area (Å²) in [5.41, 5.74) is 4.71. The maximum absolute atomic E-state index is 12.9. The highest BCUT2D eigenvalue weighted by atomic mass is 32.2. The van der Waals surface area contributed by atoms with Gasteiger partial charge in [-0.05, 0) is 85.3 Å². The van der Waals surface area contributed by atoms with Gasteiger partial charge in [0.15, 0.2) is 0 Å². The van der Waals surface area contributed by atoms with Crippen LogP contribution >= 0.6 is 11.8 Å². The summed E-state index contributed by atoms with van der Waals surface area (Å²) in [4.78, 5) is 18.6. The zero-order valence-corrected chi connectivity index (χ0v) is 20.9. The molecule has 1 atom stereocenters. The number of hydrogen-bond donors (Lipinski definition) is 1. The van der Waals surface area contributed by atoms with Gasteiger partial charge in [-0.15, -0.1) is 11.8 Å². The first-order chi connectivity index (χ1) is 16.2. The predicted molar refractivity (Wildman–Crippen MR) is 141 cm³/mol. The number of pyridine rings is 1. The lowest BCUT2D eigenvalue weighted by Crippen LogP contribution is -2.18. The van der Waals surface area contributed by atoms with E-state index in [4.69, 9.17) is 0 Å². The minimum absolute atomic E-state index is 0.196. The minimum atomic E-state index is -3.15. The Kier molecular flexibility index (Phi) is 7.05. The van der Waals surface area contributed by atoms with E-state index in [1.807, 2.05) is 73.0 Å². The molecule has 174 valence electrons. The molecule has 1 amide bonds. The van der Waals surface area contributed by atoms with Crippen LogP contribution in [0.3, 0.4) is 0 Å². The smallest absolute Gasteiger partial charge is 0.255 e. The summed E-state index contributed by atoms with van der Waals surface area (Å²) in [5.74, 6) is -0.196. The molecule has 7 heteroatoms. The maximum Gasteiger partial charge on any atom is 0.255 e. The zero-order chi connectivity index (χ0) is 24.3. The Labute approximate surface area is 204 Å². The fraction of sp³-hybridized carbons (Fsp3) is 0.185. The van der Waals surface area contributed by atoms with Crippen molar-refractivity contribution in [1.29, 1.82) is 0 Å². The highest BCUT2D eigenvalue weighted by Gasteiger charge is 2.17. The van der Waals surface area contributed by atoms with Gasteiger partial charge >= 0.3 is 0 Å². The van der Waals surface area contributed by atoms with E-state index in [2.05, 4.69) is 10.3 Å². The standard InChI is InChI=1S/C27H26N2O3S2/c1-18(34(3,31)32)14-19-15-21-8-5-13-28-26(21)25(16-19)20-6-4-7-22(17-20)27(30)29-23-9-11-24(33-2)12-10-23/h4-13,15-18H,14H2,1-3H3,(H,29,30). The van der Waals surface area contributed by atoms with Crippen molar-refractivity contribution in [3.63, 3.8) is 0 Å². The third kappa shape index (κ3) is 5.48. The van der Waals surface area contributed by atoms with Gasteiger partial charge in [0.1, 0.15) is 9.84 Å². The minimum Gasteiger partial charge on any atom is -0.322 e. The Morgan fingerprint density at radius 3 is 2.50 bits per heavy atom. The van der Waals surface area contributed by atoms with Gasteiger partial charge in [0.2, 0.25) is 0 Å². The number of sulfone groups is 1.